The highest BCUT2D eigenvalue weighted by Crippen LogP contribution is 2.54. The summed E-state index contributed by atoms with van der Waals surface area (Å²) in [6.07, 6.45) is 8.55. The van der Waals surface area contributed by atoms with E-state index in [9.17, 15) is 0 Å². The van der Waals surface area contributed by atoms with E-state index in [2.05, 4.69) is 6.92 Å². The van der Waals surface area contributed by atoms with E-state index in [1.807, 2.05) is 0 Å². The summed E-state index contributed by atoms with van der Waals surface area (Å²) in [4.78, 5) is 0. The zero-order valence-corrected chi connectivity index (χ0v) is 12.9. The second kappa shape index (κ2) is 5.91. The molecule has 20 heavy (non-hydrogen) atoms. The third kappa shape index (κ3) is 2.31. The van der Waals surface area contributed by atoms with E-state index in [1.54, 1.807) is 7.11 Å². The zero-order chi connectivity index (χ0) is 14.1. The molecule has 4 atom stereocenters. The summed E-state index contributed by atoms with van der Waals surface area (Å²) in [7, 11) is 1.78. The van der Waals surface area contributed by atoms with Crippen molar-refractivity contribution in [1.82, 2.24) is 0 Å². The van der Waals surface area contributed by atoms with Crippen LogP contribution in [0.3, 0.4) is 0 Å². The largest absolute Gasteiger partial charge is 0.374 e. The number of rotatable bonds is 7. The standard InChI is InChI=1S/C16H28O4/c1-3-4-5-6-7-9-16-14-13(8-10-19-16)18-11-15(14,17-2)12-20-16/h13-14H,3-12H2,1-2H3/t13-,14+,15-,16-/m0/s1. The molecule has 3 rings (SSSR count). The fraction of sp³-hybridized carbons (Fsp3) is 1.00. The van der Waals surface area contributed by atoms with E-state index in [1.165, 1.54) is 32.1 Å². The number of methoxy groups -OCH3 is 1. The second-order valence-electron chi connectivity index (χ2n) is 6.50. The molecule has 4 nitrogen and oxygen atoms in total. The van der Waals surface area contributed by atoms with Crippen LogP contribution in [0.15, 0.2) is 0 Å². The van der Waals surface area contributed by atoms with Crippen molar-refractivity contribution in [3.8, 4) is 0 Å². The summed E-state index contributed by atoms with van der Waals surface area (Å²) in [6.45, 7) is 4.26. The van der Waals surface area contributed by atoms with E-state index in [-0.39, 0.29) is 17.6 Å². The maximum absolute atomic E-state index is 6.15. The third-order valence-corrected chi connectivity index (χ3v) is 5.30. The van der Waals surface area contributed by atoms with Crippen LogP contribution in [0.4, 0.5) is 0 Å². The first-order valence-electron chi connectivity index (χ1n) is 8.21. The quantitative estimate of drug-likeness (QED) is 0.674. The predicted molar refractivity (Wildman–Crippen MR) is 75.6 cm³/mol. The molecule has 3 saturated heterocycles. The van der Waals surface area contributed by atoms with E-state index in [4.69, 9.17) is 18.9 Å². The van der Waals surface area contributed by atoms with Crippen molar-refractivity contribution in [2.75, 3.05) is 26.9 Å². The smallest absolute Gasteiger partial charge is 0.176 e. The Kier molecular flexibility index (Phi) is 4.37. The molecule has 0 unspecified atom stereocenters. The molecular formula is C16H28O4. The molecule has 3 aliphatic heterocycles. The van der Waals surface area contributed by atoms with Gasteiger partial charge >= 0.3 is 0 Å². The number of hydrogen-bond donors (Lipinski definition) is 0. The highest BCUT2D eigenvalue weighted by atomic mass is 16.7. The topological polar surface area (TPSA) is 36.9 Å². The molecule has 3 aliphatic rings. The van der Waals surface area contributed by atoms with Crippen molar-refractivity contribution in [3.05, 3.63) is 0 Å². The van der Waals surface area contributed by atoms with Gasteiger partial charge in [-0.3, -0.25) is 0 Å². The summed E-state index contributed by atoms with van der Waals surface area (Å²) < 4.78 is 24.0. The van der Waals surface area contributed by atoms with Gasteiger partial charge in [-0.1, -0.05) is 32.6 Å². The van der Waals surface area contributed by atoms with Crippen LogP contribution < -0.4 is 0 Å². The minimum absolute atomic E-state index is 0.250. The van der Waals surface area contributed by atoms with Gasteiger partial charge in [0.05, 0.1) is 31.8 Å². The lowest BCUT2D eigenvalue weighted by Gasteiger charge is -2.41. The summed E-state index contributed by atoms with van der Waals surface area (Å²) in [5.74, 6) is -0.193. The van der Waals surface area contributed by atoms with Crippen LogP contribution in [-0.2, 0) is 18.9 Å². The van der Waals surface area contributed by atoms with Crippen molar-refractivity contribution >= 4 is 0 Å². The Balaban J connectivity index is 1.65. The van der Waals surface area contributed by atoms with Crippen LogP contribution >= 0.6 is 0 Å². The lowest BCUT2D eigenvalue weighted by Crippen LogP contribution is -2.53. The first-order valence-corrected chi connectivity index (χ1v) is 8.21. The van der Waals surface area contributed by atoms with E-state index >= 15 is 0 Å². The fourth-order valence-electron chi connectivity index (χ4n) is 4.17. The molecule has 4 heteroatoms. The molecule has 0 spiro atoms. The first kappa shape index (κ1) is 14.8. The zero-order valence-electron chi connectivity index (χ0n) is 12.9. The van der Waals surface area contributed by atoms with Crippen LogP contribution in [0.1, 0.15) is 51.9 Å². The van der Waals surface area contributed by atoms with Crippen molar-refractivity contribution in [1.29, 1.82) is 0 Å². The molecule has 0 aromatic rings. The van der Waals surface area contributed by atoms with Gasteiger partial charge in [0.1, 0.15) is 5.60 Å². The third-order valence-electron chi connectivity index (χ3n) is 5.30. The maximum atomic E-state index is 6.15. The number of hydrogen-bond acceptors (Lipinski definition) is 4. The Labute approximate surface area is 122 Å². The van der Waals surface area contributed by atoms with Gasteiger partial charge in [-0.2, -0.15) is 0 Å². The van der Waals surface area contributed by atoms with Gasteiger partial charge in [-0.15, -0.1) is 0 Å². The molecule has 116 valence electrons. The molecular weight excluding hydrogens is 256 g/mol. The average Bonchev–Trinajstić information content (AvgIpc) is 3.01. The first-order chi connectivity index (χ1) is 9.76. The van der Waals surface area contributed by atoms with E-state index in [0.717, 1.165) is 19.4 Å². The Morgan fingerprint density at radius 1 is 1.10 bits per heavy atom. The summed E-state index contributed by atoms with van der Waals surface area (Å²) >= 11 is 0. The van der Waals surface area contributed by atoms with Gasteiger partial charge in [0, 0.05) is 13.5 Å². The molecule has 3 fully saturated rings. The van der Waals surface area contributed by atoms with Crippen molar-refractivity contribution in [3.63, 3.8) is 0 Å². The molecule has 3 heterocycles. The summed E-state index contributed by atoms with van der Waals surface area (Å²) in [5.41, 5.74) is -0.269. The van der Waals surface area contributed by atoms with E-state index in [0.29, 0.717) is 13.2 Å². The van der Waals surface area contributed by atoms with E-state index < -0.39 is 5.79 Å². The van der Waals surface area contributed by atoms with Gasteiger partial charge < -0.3 is 18.9 Å². The molecule has 0 radical (unpaired) electrons. The lowest BCUT2D eigenvalue weighted by atomic mass is 9.78. The minimum Gasteiger partial charge on any atom is -0.374 e. The molecule has 0 N–H and O–H groups in total. The molecule has 0 aliphatic carbocycles. The SMILES string of the molecule is CCCCCCC[C@]12OCC[C@@H]3OC[C@](OC)(CO1)[C@@H]32. The normalized spacial score (nSPS) is 42.9. The predicted octanol–water partition coefficient (Wildman–Crippen LogP) is 2.89. The average molecular weight is 284 g/mol. The van der Waals surface area contributed by atoms with Gasteiger partial charge in [0.15, 0.2) is 5.79 Å². The fourth-order valence-corrected chi connectivity index (χ4v) is 4.17. The molecule has 0 aromatic carbocycles. The highest BCUT2D eigenvalue weighted by molar-refractivity contribution is 5.10. The summed E-state index contributed by atoms with van der Waals surface area (Å²) in [6, 6.07) is 0. The maximum Gasteiger partial charge on any atom is 0.176 e. The molecule has 0 aromatic heterocycles. The van der Waals surface area contributed by atoms with Gasteiger partial charge in [0.25, 0.3) is 0 Å². The Hall–Kier alpha value is -0.160. The molecule has 0 saturated carbocycles. The van der Waals surface area contributed by atoms with Crippen LogP contribution in [0.25, 0.3) is 0 Å². The van der Waals surface area contributed by atoms with Crippen LogP contribution in [0, 0.1) is 5.92 Å². The van der Waals surface area contributed by atoms with Crippen LogP contribution in [0.5, 0.6) is 0 Å². The summed E-state index contributed by atoms with van der Waals surface area (Å²) in [5, 5.41) is 0. The Morgan fingerprint density at radius 3 is 2.75 bits per heavy atom. The van der Waals surface area contributed by atoms with Crippen molar-refractivity contribution in [2.45, 2.75) is 69.4 Å². The van der Waals surface area contributed by atoms with Gasteiger partial charge in [0.2, 0.25) is 0 Å². The number of ether oxygens (including phenoxy) is 4. The Morgan fingerprint density at radius 2 is 1.95 bits per heavy atom. The van der Waals surface area contributed by atoms with Crippen LogP contribution in [-0.4, -0.2) is 44.4 Å². The molecule has 0 bridgehead atoms. The monoisotopic (exact) mass is 284 g/mol. The highest BCUT2D eigenvalue weighted by Gasteiger charge is 2.67. The minimum atomic E-state index is -0.443. The molecule has 0 amide bonds. The number of unbranched alkanes of at least 4 members (excludes halogenated alkanes) is 4. The van der Waals surface area contributed by atoms with Crippen LogP contribution in [0.2, 0.25) is 0 Å². The van der Waals surface area contributed by atoms with Crippen molar-refractivity contribution in [2.24, 2.45) is 5.92 Å². The Bertz CT molecular complexity index is 334. The van der Waals surface area contributed by atoms with Crippen molar-refractivity contribution < 1.29 is 18.9 Å². The second-order valence-corrected chi connectivity index (χ2v) is 6.50. The van der Waals surface area contributed by atoms with Gasteiger partial charge in [-0.25, -0.2) is 0 Å². The van der Waals surface area contributed by atoms with Gasteiger partial charge in [-0.05, 0) is 12.8 Å². The lowest BCUT2D eigenvalue weighted by molar-refractivity contribution is -0.271.